The standard InChI is InChI=1S/C18H30N4/c1-4-5-6-7-8-9-15-10-12-16(13-11-15)21-17(19)14-18(20)22(2)3/h10-14H,4-9,20H2,1-3H3,(H2,19,21). The minimum atomic E-state index is 0.415. The Hall–Kier alpha value is -1.97. The van der Waals surface area contributed by atoms with Gasteiger partial charge in [0.25, 0.3) is 0 Å². The fourth-order valence-corrected chi connectivity index (χ4v) is 2.13. The number of nitrogens with zero attached hydrogens (tertiary/aromatic N) is 2. The van der Waals surface area contributed by atoms with E-state index in [4.69, 9.17) is 11.5 Å². The monoisotopic (exact) mass is 302 g/mol. The number of unbranched alkanes of at least 4 members (excludes halogenated alkanes) is 4. The zero-order valence-corrected chi connectivity index (χ0v) is 14.2. The molecule has 0 bridgehead atoms. The third-order valence-electron chi connectivity index (χ3n) is 3.58. The molecule has 1 aromatic carbocycles. The van der Waals surface area contributed by atoms with E-state index in [-0.39, 0.29) is 0 Å². The minimum absolute atomic E-state index is 0.415. The van der Waals surface area contributed by atoms with E-state index in [1.165, 1.54) is 37.7 Å². The molecule has 0 radical (unpaired) electrons. The second-order valence-corrected chi connectivity index (χ2v) is 5.83. The minimum Gasteiger partial charge on any atom is -0.385 e. The molecule has 0 atom stereocenters. The lowest BCUT2D eigenvalue weighted by atomic mass is 10.1. The summed E-state index contributed by atoms with van der Waals surface area (Å²) in [5.41, 5.74) is 13.9. The number of amidine groups is 1. The van der Waals surface area contributed by atoms with Gasteiger partial charge in [-0.1, -0.05) is 44.7 Å². The van der Waals surface area contributed by atoms with E-state index in [1.807, 2.05) is 26.2 Å². The highest BCUT2D eigenvalue weighted by atomic mass is 15.1. The highest BCUT2D eigenvalue weighted by Crippen LogP contribution is 2.15. The predicted octanol–water partition coefficient (Wildman–Crippen LogP) is 3.55. The van der Waals surface area contributed by atoms with Crippen LogP contribution < -0.4 is 11.5 Å². The molecule has 0 amide bonds. The molecule has 0 spiro atoms. The van der Waals surface area contributed by atoms with Crippen LogP contribution in [-0.2, 0) is 6.42 Å². The van der Waals surface area contributed by atoms with Crippen molar-refractivity contribution in [1.29, 1.82) is 0 Å². The summed E-state index contributed by atoms with van der Waals surface area (Å²) in [6.45, 7) is 2.24. The Kier molecular flexibility index (Phi) is 8.11. The molecule has 0 saturated heterocycles. The van der Waals surface area contributed by atoms with E-state index in [1.54, 1.807) is 11.0 Å². The van der Waals surface area contributed by atoms with Crippen LogP contribution in [0.2, 0.25) is 0 Å². The molecule has 0 fully saturated rings. The quantitative estimate of drug-likeness (QED) is 0.416. The van der Waals surface area contributed by atoms with Gasteiger partial charge < -0.3 is 16.4 Å². The largest absolute Gasteiger partial charge is 0.385 e. The van der Waals surface area contributed by atoms with Gasteiger partial charge in [-0.3, -0.25) is 0 Å². The Balaban J connectivity index is 2.52. The first-order valence-electron chi connectivity index (χ1n) is 8.10. The van der Waals surface area contributed by atoms with E-state index in [2.05, 4.69) is 24.0 Å². The summed E-state index contributed by atoms with van der Waals surface area (Å²) in [5, 5.41) is 0. The summed E-state index contributed by atoms with van der Waals surface area (Å²) in [6, 6.07) is 8.28. The summed E-state index contributed by atoms with van der Waals surface area (Å²) in [4.78, 5) is 6.15. The lowest BCUT2D eigenvalue weighted by molar-refractivity contribution is 0.506. The first-order valence-corrected chi connectivity index (χ1v) is 8.10. The second kappa shape index (κ2) is 9.87. The van der Waals surface area contributed by atoms with Crippen LogP contribution in [0.4, 0.5) is 5.69 Å². The number of hydrogen-bond acceptors (Lipinski definition) is 3. The van der Waals surface area contributed by atoms with Crippen molar-refractivity contribution in [2.24, 2.45) is 16.5 Å². The van der Waals surface area contributed by atoms with Crippen LogP contribution in [0.1, 0.15) is 44.6 Å². The Labute approximate surface area is 134 Å². The fourth-order valence-electron chi connectivity index (χ4n) is 2.13. The molecular weight excluding hydrogens is 272 g/mol. The Morgan fingerprint density at radius 2 is 1.68 bits per heavy atom. The van der Waals surface area contributed by atoms with Crippen molar-refractivity contribution in [2.75, 3.05) is 14.1 Å². The zero-order chi connectivity index (χ0) is 16.4. The highest BCUT2D eigenvalue weighted by molar-refractivity contribution is 5.93. The SMILES string of the molecule is CCCCCCCc1ccc(N=C(N)C=C(N)N(C)C)cc1. The molecule has 4 N–H and O–H groups in total. The molecule has 0 heterocycles. The number of benzene rings is 1. The molecule has 4 nitrogen and oxygen atoms in total. The molecule has 22 heavy (non-hydrogen) atoms. The van der Waals surface area contributed by atoms with Crippen molar-refractivity contribution in [3.63, 3.8) is 0 Å². The van der Waals surface area contributed by atoms with Gasteiger partial charge >= 0.3 is 0 Å². The molecule has 1 aromatic rings. The molecule has 0 aliphatic carbocycles. The van der Waals surface area contributed by atoms with Crippen molar-refractivity contribution in [3.05, 3.63) is 41.7 Å². The Morgan fingerprint density at radius 3 is 2.27 bits per heavy atom. The molecule has 1 rings (SSSR count). The van der Waals surface area contributed by atoms with Gasteiger partial charge in [0.05, 0.1) is 5.69 Å². The number of aryl methyl sites for hydroxylation is 1. The van der Waals surface area contributed by atoms with Crippen molar-refractivity contribution < 1.29 is 0 Å². The van der Waals surface area contributed by atoms with Gasteiger partial charge in [-0.2, -0.15) is 0 Å². The van der Waals surface area contributed by atoms with Crippen LogP contribution in [0, 0.1) is 0 Å². The van der Waals surface area contributed by atoms with Gasteiger partial charge in [0, 0.05) is 20.2 Å². The molecule has 0 saturated carbocycles. The summed E-state index contributed by atoms with van der Waals surface area (Å²) in [6.07, 6.45) is 9.35. The summed E-state index contributed by atoms with van der Waals surface area (Å²) in [7, 11) is 3.74. The highest BCUT2D eigenvalue weighted by Gasteiger charge is 1.97. The number of aliphatic imine (C=N–C) groups is 1. The van der Waals surface area contributed by atoms with Gasteiger partial charge in [-0.15, -0.1) is 0 Å². The topological polar surface area (TPSA) is 67.6 Å². The van der Waals surface area contributed by atoms with E-state index in [0.29, 0.717) is 11.7 Å². The second-order valence-electron chi connectivity index (χ2n) is 5.83. The third kappa shape index (κ3) is 7.16. The molecule has 0 unspecified atom stereocenters. The van der Waals surface area contributed by atoms with Crippen LogP contribution in [0.15, 0.2) is 41.2 Å². The molecule has 0 aromatic heterocycles. The molecule has 0 aliphatic heterocycles. The zero-order valence-electron chi connectivity index (χ0n) is 14.2. The van der Waals surface area contributed by atoms with Crippen LogP contribution in [0.3, 0.4) is 0 Å². The van der Waals surface area contributed by atoms with Crippen molar-refractivity contribution >= 4 is 11.5 Å². The van der Waals surface area contributed by atoms with Crippen molar-refractivity contribution in [1.82, 2.24) is 4.90 Å². The average molecular weight is 302 g/mol. The molecule has 122 valence electrons. The summed E-state index contributed by atoms with van der Waals surface area (Å²) < 4.78 is 0. The van der Waals surface area contributed by atoms with E-state index in [9.17, 15) is 0 Å². The van der Waals surface area contributed by atoms with Gasteiger partial charge in [0.1, 0.15) is 11.7 Å². The lowest BCUT2D eigenvalue weighted by Crippen LogP contribution is -2.21. The first-order chi connectivity index (χ1) is 10.5. The smallest absolute Gasteiger partial charge is 0.127 e. The maximum Gasteiger partial charge on any atom is 0.127 e. The summed E-state index contributed by atoms with van der Waals surface area (Å²) in [5.74, 6) is 1.00. The van der Waals surface area contributed by atoms with Crippen LogP contribution in [0.5, 0.6) is 0 Å². The third-order valence-corrected chi connectivity index (χ3v) is 3.58. The summed E-state index contributed by atoms with van der Waals surface area (Å²) >= 11 is 0. The normalized spacial score (nSPS) is 12.5. The average Bonchev–Trinajstić information content (AvgIpc) is 2.48. The van der Waals surface area contributed by atoms with Gasteiger partial charge in [-0.05, 0) is 30.5 Å². The van der Waals surface area contributed by atoms with Crippen LogP contribution in [0.25, 0.3) is 0 Å². The van der Waals surface area contributed by atoms with Gasteiger partial charge in [0.2, 0.25) is 0 Å². The number of hydrogen-bond donors (Lipinski definition) is 2. The number of rotatable bonds is 9. The van der Waals surface area contributed by atoms with Crippen molar-refractivity contribution in [2.45, 2.75) is 45.4 Å². The fraction of sp³-hybridized carbons (Fsp3) is 0.500. The lowest BCUT2D eigenvalue weighted by Gasteiger charge is -2.11. The maximum atomic E-state index is 5.88. The van der Waals surface area contributed by atoms with Crippen molar-refractivity contribution in [3.8, 4) is 0 Å². The first kappa shape index (κ1) is 18.1. The molecule has 0 aliphatic rings. The Bertz CT molecular complexity index is 486. The van der Waals surface area contributed by atoms with Gasteiger partial charge in [0.15, 0.2) is 0 Å². The number of nitrogens with two attached hydrogens (primary N) is 2. The maximum absolute atomic E-state index is 5.88. The van der Waals surface area contributed by atoms with Crippen LogP contribution >= 0.6 is 0 Å². The predicted molar refractivity (Wildman–Crippen MR) is 96.1 cm³/mol. The molecular formula is C18H30N4. The Morgan fingerprint density at radius 1 is 1.05 bits per heavy atom. The van der Waals surface area contributed by atoms with E-state index >= 15 is 0 Å². The van der Waals surface area contributed by atoms with Gasteiger partial charge in [-0.25, -0.2) is 4.99 Å². The van der Waals surface area contributed by atoms with E-state index in [0.717, 1.165) is 12.1 Å². The molecule has 4 heteroatoms. The van der Waals surface area contributed by atoms with E-state index < -0.39 is 0 Å². The van der Waals surface area contributed by atoms with Crippen LogP contribution in [-0.4, -0.2) is 24.8 Å².